The third-order valence-corrected chi connectivity index (χ3v) is 4.84. The lowest BCUT2D eigenvalue weighted by molar-refractivity contribution is 0.377. The minimum Gasteiger partial charge on any atom is -0.350 e. The van der Waals surface area contributed by atoms with E-state index < -0.39 is 0 Å². The molecule has 1 aliphatic heterocycles. The Balaban J connectivity index is 1.78. The van der Waals surface area contributed by atoms with E-state index >= 15 is 0 Å². The van der Waals surface area contributed by atoms with Gasteiger partial charge in [0.15, 0.2) is 5.65 Å². The molecular formula is C21H26N8. The summed E-state index contributed by atoms with van der Waals surface area (Å²) >= 11 is 0. The first-order chi connectivity index (χ1) is 13.9. The highest BCUT2D eigenvalue weighted by molar-refractivity contribution is 5.76. The Kier molecular flexibility index (Phi) is 5.07. The van der Waals surface area contributed by atoms with Crippen molar-refractivity contribution >= 4 is 28.7 Å². The van der Waals surface area contributed by atoms with Crippen LogP contribution in [0.5, 0.6) is 0 Å². The van der Waals surface area contributed by atoms with E-state index in [4.69, 9.17) is 9.97 Å². The predicted octanol–water partition coefficient (Wildman–Crippen LogP) is 3.58. The Morgan fingerprint density at radius 1 is 1.21 bits per heavy atom. The van der Waals surface area contributed by atoms with E-state index in [1.165, 1.54) is 0 Å². The fraction of sp³-hybridized carbons (Fsp3) is 0.429. The average Bonchev–Trinajstić information content (AvgIpc) is 3.04. The lowest BCUT2D eigenvalue weighted by atomic mass is 10.1. The average molecular weight is 390 g/mol. The van der Waals surface area contributed by atoms with E-state index in [1.807, 2.05) is 18.2 Å². The zero-order valence-electron chi connectivity index (χ0n) is 17.0. The molecule has 0 saturated carbocycles. The SMILES string of the molecule is CC(C)(C)Nc1ncc2nc(Nc3cccc(C#N)c3)n(C3CCNCC3)c2n1. The van der Waals surface area contributed by atoms with Crippen LogP contribution in [0.2, 0.25) is 0 Å². The van der Waals surface area contributed by atoms with Crippen molar-refractivity contribution in [3.05, 3.63) is 36.0 Å². The number of imidazole rings is 1. The molecule has 1 aliphatic rings. The molecule has 3 aromatic rings. The van der Waals surface area contributed by atoms with E-state index in [9.17, 15) is 5.26 Å². The molecule has 1 aromatic carbocycles. The van der Waals surface area contributed by atoms with Gasteiger partial charge in [-0.3, -0.25) is 4.57 Å². The minimum atomic E-state index is -0.133. The smallest absolute Gasteiger partial charge is 0.225 e. The Labute approximate surface area is 170 Å². The minimum absolute atomic E-state index is 0.133. The Bertz CT molecular complexity index is 1050. The van der Waals surface area contributed by atoms with Gasteiger partial charge in [0, 0.05) is 17.3 Å². The number of piperidine rings is 1. The van der Waals surface area contributed by atoms with Gasteiger partial charge in [-0.2, -0.15) is 10.2 Å². The molecule has 0 atom stereocenters. The second kappa shape index (κ2) is 7.68. The number of rotatable bonds is 4. The maximum atomic E-state index is 9.19. The fourth-order valence-corrected chi connectivity index (χ4v) is 3.58. The molecule has 2 aromatic heterocycles. The van der Waals surface area contributed by atoms with Gasteiger partial charge in [-0.1, -0.05) is 6.07 Å². The van der Waals surface area contributed by atoms with Gasteiger partial charge in [-0.15, -0.1) is 0 Å². The Morgan fingerprint density at radius 2 is 2.00 bits per heavy atom. The molecule has 1 saturated heterocycles. The van der Waals surface area contributed by atoms with Crippen molar-refractivity contribution in [3.63, 3.8) is 0 Å². The summed E-state index contributed by atoms with van der Waals surface area (Å²) < 4.78 is 2.19. The molecule has 8 nitrogen and oxygen atoms in total. The molecule has 0 spiro atoms. The van der Waals surface area contributed by atoms with Crippen LogP contribution in [0.1, 0.15) is 45.2 Å². The van der Waals surface area contributed by atoms with Crippen molar-refractivity contribution in [3.8, 4) is 6.07 Å². The number of aromatic nitrogens is 4. The number of nitrogens with zero attached hydrogens (tertiary/aromatic N) is 5. The van der Waals surface area contributed by atoms with Crippen LogP contribution in [-0.4, -0.2) is 38.1 Å². The first-order valence-corrected chi connectivity index (χ1v) is 9.94. The summed E-state index contributed by atoms with van der Waals surface area (Å²) in [6.45, 7) is 8.18. The zero-order chi connectivity index (χ0) is 20.4. The molecule has 8 heteroatoms. The van der Waals surface area contributed by atoms with Gasteiger partial charge in [-0.25, -0.2) is 9.97 Å². The molecule has 3 N–H and O–H groups in total. The predicted molar refractivity (Wildman–Crippen MR) is 114 cm³/mol. The second-order valence-electron chi connectivity index (χ2n) is 8.38. The molecule has 150 valence electrons. The third-order valence-electron chi connectivity index (χ3n) is 4.84. The number of anilines is 3. The summed E-state index contributed by atoms with van der Waals surface area (Å²) in [4.78, 5) is 14.0. The number of hydrogen-bond acceptors (Lipinski definition) is 7. The van der Waals surface area contributed by atoms with Crippen LogP contribution < -0.4 is 16.0 Å². The first kappa shape index (κ1) is 19.2. The van der Waals surface area contributed by atoms with Gasteiger partial charge in [0.2, 0.25) is 11.9 Å². The number of hydrogen-bond donors (Lipinski definition) is 3. The van der Waals surface area contributed by atoms with Crippen molar-refractivity contribution in [1.29, 1.82) is 5.26 Å². The molecule has 0 bridgehead atoms. The molecule has 4 rings (SSSR count). The van der Waals surface area contributed by atoms with Crippen LogP contribution in [0, 0.1) is 11.3 Å². The van der Waals surface area contributed by atoms with E-state index in [-0.39, 0.29) is 5.54 Å². The van der Waals surface area contributed by atoms with Crippen molar-refractivity contribution in [2.24, 2.45) is 0 Å². The van der Waals surface area contributed by atoms with Crippen LogP contribution >= 0.6 is 0 Å². The molecule has 0 aliphatic carbocycles. The van der Waals surface area contributed by atoms with Gasteiger partial charge in [0.1, 0.15) is 5.52 Å². The van der Waals surface area contributed by atoms with Crippen LogP contribution in [-0.2, 0) is 0 Å². The van der Waals surface area contributed by atoms with Gasteiger partial charge in [0.25, 0.3) is 0 Å². The third kappa shape index (κ3) is 4.30. The van der Waals surface area contributed by atoms with E-state index in [0.717, 1.165) is 48.7 Å². The lowest BCUT2D eigenvalue weighted by Gasteiger charge is -2.26. The van der Waals surface area contributed by atoms with Crippen molar-refractivity contribution in [2.75, 3.05) is 23.7 Å². The number of benzene rings is 1. The Hall–Kier alpha value is -3.18. The summed E-state index contributed by atoms with van der Waals surface area (Å²) in [5.74, 6) is 1.32. The molecule has 3 heterocycles. The molecule has 0 amide bonds. The standard InChI is InChI=1S/C21H26N8/c1-21(2,3)28-19-24-13-17-18(27-19)29(16-7-9-23-10-8-16)20(26-17)25-15-6-4-5-14(11-15)12-22/h4-6,11,13,16,23H,7-10H2,1-3H3,(H,25,26)(H,24,27,28). The number of fused-ring (bicyclic) bond motifs is 1. The summed E-state index contributed by atoms with van der Waals surface area (Å²) in [5, 5.41) is 19.3. The molecule has 29 heavy (non-hydrogen) atoms. The van der Waals surface area contributed by atoms with Gasteiger partial charge >= 0.3 is 0 Å². The molecular weight excluding hydrogens is 364 g/mol. The number of nitriles is 1. The molecule has 1 fully saturated rings. The molecule has 0 radical (unpaired) electrons. The van der Waals surface area contributed by atoms with Gasteiger partial charge in [0.05, 0.1) is 17.8 Å². The summed E-state index contributed by atoms with van der Waals surface area (Å²) in [5.41, 5.74) is 2.87. The topological polar surface area (TPSA) is 103 Å². The summed E-state index contributed by atoms with van der Waals surface area (Å²) in [6, 6.07) is 9.89. The highest BCUT2D eigenvalue weighted by Gasteiger charge is 2.23. The lowest BCUT2D eigenvalue weighted by Crippen LogP contribution is -2.30. The second-order valence-corrected chi connectivity index (χ2v) is 8.38. The maximum Gasteiger partial charge on any atom is 0.225 e. The Morgan fingerprint density at radius 3 is 2.72 bits per heavy atom. The number of nitrogens with one attached hydrogen (secondary N) is 3. The van der Waals surface area contributed by atoms with Gasteiger partial charge < -0.3 is 16.0 Å². The van der Waals surface area contributed by atoms with Crippen molar-refractivity contribution in [1.82, 2.24) is 24.8 Å². The van der Waals surface area contributed by atoms with Crippen LogP contribution in [0.15, 0.2) is 30.5 Å². The van der Waals surface area contributed by atoms with Crippen LogP contribution in [0.3, 0.4) is 0 Å². The summed E-state index contributed by atoms with van der Waals surface area (Å²) in [7, 11) is 0. The normalized spacial score (nSPS) is 15.2. The zero-order valence-corrected chi connectivity index (χ0v) is 17.0. The van der Waals surface area contributed by atoms with Crippen molar-refractivity contribution < 1.29 is 0 Å². The van der Waals surface area contributed by atoms with E-state index in [2.05, 4.69) is 52.3 Å². The monoisotopic (exact) mass is 390 g/mol. The quantitative estimate of drug-likeness (QED) is 0.625. The summed E-state index contributed by atoms with van der Waals surface area (Å²) in [6.07, 6.45) is 3.78. The largest absolute Gasteiger partial charge is 0.350 e. The highest BCUT2D eigenvalue weighted by Crippen LogP contribution is 2.30. The van der Waals surface area contributed by atoms with E-state index in [1.54, 1.807) is 12.3 Å². The highest BCUT2D eigenvalue weighted by atomic mass is 15.3. The molecule has 0 unspecified atom stereocenters. The first-order valence-electron chi connectivity index (χ1n) is 9.94. The van der Waals surface area contributed by atoms with Gasteiger partial charge in [-0.05, 0) is 64.9 Å². The van der Waals surface area contributed by atoms with Crippen molar-refractivity contribution in [2.45, 2.75) is 45.2 Å². The fourth-order valence-electron chi connectivity index (χ4n) is 3.58. The van der Waals surface area contributed by atoms with E-state index in [0.29, 0.717) is 17.6 Å². The maximum absolute atomic E-state index is 9.19. The van der Waals surface area contributed by atoms with Crippen LogP contribution in [0.4, 0.5) is 17.6 Å². The van der Waals surface area contributed by atoms with Crippen LogP contribution in [0.25, 0.3) is 11.2 Å².